The van der Waals surface area contributed by atoms with Gasteiger partial charge in [0, 0.05) is 31.2 Å². The number of rotatable bonds is 6. The zero-order valence-corrected chi connectivity index (χ0v) is 20.7. The first-order valence-corrected chi connectivity index (χ1v) is 12.7. The minimum atomic E-state index is -0.0455. The summed E-state index contributed by atoms with van der Waals surface area (Å²) in [5, 5.41) is 0. The molecule has 3 aliphatic rings. The Morgan fingerprint density at radius 2 is 1.61 bits per heavy atom. The van der Waals surface area contributed by atoms with E-state index < -0.39 is 0 Å². The van der Waals surface area contributed by atoms with Crippen molar-refractivity contribution in [1.82, 2.24) is 4.90 Å². The number of aryl methyl sites for hydroxylation is 3. The van der Waals surface area contributed by atoms with Gasteiger partial charge in [-0.25, -0.2) is 0 Å². The molecule has 0 unspecified atom stereocenters. The van der Waals surface area contributed by atoms with E-state index in [-0.39, 0.29) is 11.9 Å². The van der Waals surface area contributed by atoms with E-state index in [2.05, 4.69) is 60.9 Å². The molecule has 3 fully saturated rings. The number of likely N-dealkylation sites (tertiary alicyclic amines) is 1. The van der Waals surface area contributed by atoms with Gasteiger partial charge in [0.15, 0.2) is 0 Å². The van der Waals surface area contributed by atoms with Crippen molar-refractivity contribution in [2.75, 3.05) is 38.2 Å². The summed E-state index contributed by atoms with van der Waals surface area (Å²) in [6, 6.07) is 11.7. The van der Waals surface area contributed by atoms with Gasteiger partial charge in [0.25, 0.3) is 0 Å². The lowest BCUT2D eigenvalue weighted by Crippen LogP contribution is -2.46. The number of para-hydroxylation sites is 1. The van der Waals surface area contributed by atoms with E-state index in [1.165, 1.54) is 53.5 Å². The van der Waals surface area contributed by atoms with Gasteiger partial charge in [-0.3, -0.25) is 9.69 Å². The van der Waals surface area contributed by atoms with E-state index in [1.807, 2.05) is 0 Å². The maximum atomic E-state index is 11.8. The predicted molar refractivity (Wildman–Crippen MR) is 134 cm³/mol. The SMILES string of the molecule is COC(=O)C1CCN(Cc2c(C)cc(C3CN(c4c(C)cccc4C4CC4)C3)cc2C)CC1. The molecule has 176 valence electrons. The maximum Gasteiger partial charge on any atom is 0.308 e. The van der Waals surface area contributed by atoms with E-state index in [4.69, 9.17) is 4.74 Å². The third-order valence-electron chi connectivity index (χ3n) is 8.18. The van der Waals surface area contributed by atoms with Crippen LogP contribution in [0.3, 0.4) is 0 Å². The van der Waals surface area contributed by atoms with Crippen molar-refractivity contribution in [1.29, 1.82) is 0 Å². The van der Waals surface area contributed by atoms with E-state index in [9.17, 15) is 4.79 Å². The van der Waals surface area contributed by atoms with Gasteiger partial charge in [0.2, 0.25) is 0 Å². The minimum Gasteiger partial charge on any atom is -0.469 e. The Balaban J connectivity index is 1.23. The number of nitrogens with zero attached hydrogens (tertiary/aromatic N) is 2. The highest BCUT2D eigenvalue weighted by molar-refractivity contribution is 5.72. The molecule has 0 aromatic heterocycles. The molecule has 1 aliphatic carbocycles. The van der Waals surface area contributed by atoms with Crippen LogP contribution in [0.25, 0.3) is 0 Å². The van der Waals surface area contributed by atoms with E-state index in [0.29, 0.717) is 5.92 Å². The smallest absolute Gasteiger partial charge is 0.308 e. The molecule has 5 rings (SSSR count). The first kappa shape index (κ1) is 22.5. The number of hydrogen-bond donors (Lipinski definition) is 0. The van der Waals surface area contributed by atoms with Gasteiger partial charge in [0.1, 0.15) is 0 Å². The minimum absolute atomic E-state index is 0.0455. The summed E-state index contributed by atoms with van der Waals surface area (Å²) in [5.74, 6) is 1.45. The molecule has 0 N–H and O–H groups in total. The Morgan fingerprint density at radius 3 is 2.21 bits per heavy atom. The highest BCUT2D eigenvalue weighted by Crippen LogP contribution is 2.47. The van der Waals surface area contributed by atoms with Gasteiger partial charge in [-0.2, -0.15) is 0 Å². The van der Waals surface area contributed by atoms with E-state index >= 15 is 0 Å². The Hall–Kier alpha value is -2.33. The summed E-state index contributed by atoms with van der Waals surface area (Å²) in [7, 11) is 1.50. The molecule has 2 aliphatic heterocycles. The molecule has 33 heavy (non-hydrogen) atoms. The van der Waals surface area contributed by atoms with E-state index in [1.54, 1.807) is 5.56 Å². The molecule has 2 aromatic carbocycles. The summed E-state index contributed by atoms with van der Waals surface area (Å²) < 4.78 is 4.94. The lowest BCUT2D eigenvalue weighted by Gasteiger charge is -2.43. The zero-order valence-electron chi connectivity index (χ0n) is 20.7. The molecule has 0 spiro atoms. The van der Waals surface area contributed by atoms with Crippen LogP contribution in [0, 0.1) is 26.7 Å². The Morgan fingerprint density at radius 1 is 0.939 bits per heavy atom. The first-order valence-electron chi connectivity index (χ1n) is 12.7. The van der Waals surface area contributed by atoms with Crippen molar-refractivity contribution in [3.05, 3.63) is 63.7 Å². The molecule has 4 nitrogen and oxygen atoms in total. The average Bonchev–Trinajstić information content (AvgIpc) is 3.61. The molecule has 0 bridgehead atoms. The third kappa shape index (κ3) is 4.55. The first-order chi connectivity index (χ1) is 15.9. The average molecular weight is 447 g/mol. The van der Waals surface area contributed by atoms with Crippen molar-refractivity contribution in [3.63, 3.8) is 0 Å². The van der Waals surface area contributed by atoms with Gasteiger partial charge in [-0.1, -0.05) is 30.3 Å². The van der Waals surface area contributed by atoms with Crippen LogP contribution in [0.15, 0.2) is 30.3 Å². The summed E-state index contributed by atoms with van der Waals surface area (Å²) >= 11 is 0. The number of carbonyl (C=O) groups excluding carboxylic acids is 1. The lowest BCUT2D eigenvalue weighted by atomic mass is 9.86. The van der Waals surface area contributed by atoms with Gasteiger partial charge >= 0.3 is 5.97 Å². The quantitative estimate of drug-likeness (QED) is 0.550. The normalized spacial score (nSPS) is 20.1. The molecular formula is C29H38N2O2. The lowest BCUT2D eigenvalue weighted by molar-refractivity contribution is -0.147. The number of carbonyl (C=O) groups is 1. The Kier molecular flexibility index (Phi) is 6.22. The molecule has 0 atom stereocenters. The molecule has 1 saturated carbocycles. The van der Waals surface area contributed by atoms with Crippen LogP contribution in [0.4, 0.5) is 5.69 Å². The van der Waals surface area contributed by atoms with Crippen molar-refractivity contribution in [2.24, 2.45) is 5.92 Å². The molecule has 2 saturated heterocycles. The monoisotopic (exact) mass is 446 g/mol. The summed E-state index contributed by atoms with van der Waals surface area (Å²) in [6.45, 7) is 12.0. The fourth-order valence-electron chi connectivity index (χ4n) is 5.94. The van der Waals surface area contributed by atoms with Crippen LogP contribution in [-0.4, -0.2) is 44.2 Å². The fraction of sp³-hybridized carbons (Fsp3) is 0.552. The second-order valence-electron chi connectivity index (χ2n) is 10.6. The van der Waals surface area contributed by atoms with Crippen molar-refractivity contribution >= 4 is 11.7 Å². The largest absolute Gasteiger partial charge is 0.469 e. The standard InChI is InChI=1S/C29H38N2O2/c1-19-6-5-7-26(22-8-9-22)28(19)31-16-25(17-31)24-14-20(2)27(21(3)15-24)18-30-12-10-23(11-13-30)29(32)33-4/h5-7,14-15,22-23,25H,8-13,16-18H2,1-4H3. The number of esters is 1. The Labute approximate surface area is 198 Å². The molecule has 2 heterocycles. The number of hydrogen-bond acceptors (Lipinski definition) is 4. The topological polar surface area (TPSA) is 32.8 Å². The summed E-state index contributed by atoms with van der Waals surface area (Å²) in [4.78, 5) is 16.9. The number of benzene rings is 2. The van der Waals surface area contributed by atoms with Crippen molar-refractivity contribution < 1.29 is 9.53 Å². The van der Waals surface area contributed by atoms with Crippen LogP contribution < -0.4 is 4.90 Å². The fourth-order valence-corrected chi connectivity index (χ4v) is 5.94. The van der Waals surface area contributed by atoms with Gasteiger partial charge in [-0.15, -0.1) is 0 Å². The maximum absolute atomic E-state index is 11.8. The highest BCUT2D eigenvalue weighted by Gasteiger charge is 2.34. The van der Waals surface area contributed by atoms with Gasteiger partial charge in [-0.05, 0) is 98.8 Å². The van der Waals surface area contributed by atoms with Gasteiger partial charge < -0.3 is 9.64 Å². The zero-order chi connectivity index (χ0) is 23.1. The van der Waals surface area contributed by atoms with Crippen LogP contribution in [0.1, 0.15) is 70.9 Å². The third-order valence-corrected chi connectivity index (χ3v) is 8.18. The number of piperidine rings is 1. The summed E-state index contributed by atoms with van der Waals surface area (Å²) in [6.07, 6.45) is 4.52. The van der Waals surface area contributed by atoms with Crippen LogP contribution in [-0.2, 0) is 16.1 Å². The number of methoxy groups -OCH3 is 1. The molecule has 4 heteroatoms. The van der Waals surface area contributed by atoms with Gasteiger partial charge in [0.05, 0.1) is 13.0 Å². The predicted octanol–water partition coefficient (Wildman–Crippen LogP) is 5.48. The molecule has 0 amide bonds. The molecule has 0 radical (unpaired) electrons. The molecule has 2 aromatic rings. The van der Waals surface area contributed by atoms with Crippen molar-refractivity contribution in [2.45, 2.75) is 64.8 Å². The second kappa shape index (κ2) is 9.13. The van der Waals surface area contributed by atoms with Crippen LogP contribution in [0.5, 0.6) is 0 Å². The second-order valence-corrected chi connectivity index (χ2v) is 10.6. The van der Waals surface area contributed by atoms with Crippen molar-refractivity contribution in [3.8, 4) is 0 Å². The van der Waals surface area contributed by atoms with Crippen LogP contribution >= 0.6 is 0 Å². The molecular weight excluding hydrogens is 408 g/mol. The van der Waals surface area contributed by atoms with E-state index in [0.717, 1.165) is 51.5 Å². The van der Waals surface area contributed by atoms with Crippen LogP contribution in [0.2, 0.25) is 0 Å². The number of anilines is 1. The Bertz CT molecular complexity index is 1000. The summed E-state index contributed by atoms with van der Waals surface area (Å²) in [5.41, 5.74) is 10.3. The number of ether oxygens (including phenoxy) is 1. The highest BCUT2D eigenvalue weighted by atomic mass is 16.5.